The number of likely N-dealkylation sites (tertiary alicyclic amines) is 1. The third-order valence-corrected chi connectivity index (χ3v) is 3.99. The lowest BCUT2D eigenvalue weighted by Crippen LogP contribution is -2.41. The van der Waals surface area contributed by atoms with Gasteiger partial charge in [-0.15, -0.1) is 0 Å². The van der Waals surface area contributed by atoms with Crippen LogP contribution in [0.4, 0.5) is 0 Å². The number of H-pyrrole nitrogens is 1. The Morgan fingerprint density at radius 3 is 3.18 bits per heavy atom. The van der Waals surface area contributed by atoms with E-state index in [4.69, 9.17) is 4.74 Å². The van der Waals surface area contributed by atoms with E-state index in [9.17, 15) is 9.59 Å². The summed E-state index contributed by atoms with van der Waals surface area (Å²) in [6.07, 6.45) is 4.49. The first-order chi connectivity index (χ1) is 10.7. The summed E-state index contributed by atoms with van der Waals surface area (Å²) in [5, 5.41) is 2.82. The summed E-state index contributed by atoms with van der Waals surface area (Å²) in [5.41, 5.74) is 1.08. The van der Waals surface area contributed by atoms with Gasteiger partial charge in [-0.1, -0.05) is 0 Å². The summed E-state index contributed by atoms with van der Waals surface area (Å²) < 4.78 is 6.62. The molecule has 118 valence electrons. The Bertz CT molecular complexity index is 721. The molecule has 2 aromatic heterocycles. The lowest BCUT2D eigenvalue weighted by molar-refractivity contribution is -0.140. The standard InChI is InChI=1S/C15H20N4O3/c1-2-22-10-15(21)18-8-4-3-5-12(18)11-9-14(20)19-13(17-11)6-7-16-19/h6-7,9,12,16H,2-5,8,10H2,1H3. The number of aromatic amines is 1. The number of carbonyl (C=O) groups excluding carboxylic acids is 1. The number of piperidine rings is 1. The van der Waals surface area contributed by atoms with Gasteiger partial charge in [0.15, 0.2) is 5.65 Å². The Hall–Kier alpha value is -2.15. The average molecular weight is 304 g/mol. The molecule has 1 fully saturated rings. The van der Waals surface area contributed by atoms with Gasteiger partial charge in [-0.3, -0.25) is 14.7 Å². The summed E-state index contributed by atoms with van der Waals surface area (Å²) in [5.74, 6) is -0.0392. The van der Waals surface area contributed by atoms with E-state index in [0.717, 1.165) is 19.3 Å². The molecule has 0 saturated carbocycles. The molecular formula is C15H20N4O3. The van der Waals surface area contributed by atoms with Crippen molar-refractivity contribution in [3.63, 3.8) is 0 Å². The van der Waals surface area contributed by atoms with Crippen LogP contribution in [-0.2, 0) is 9.53 Å². The van der Waals surface area contributed by atoms with Crippen LogP contribution in [0.2, 0.25) is 0 Å². The zero-order valence-electron chi connectivity index (χ0n) is 12.6. The molecule has 7 nitrogen and oxygen atoms in total. The molecule has 1 aliphatic rings. The lowest BCUT2D eigenvalue weighted by Gasteiger charge is -2.35. The van der Waals surface area contributed by atoms with Gasteiger partial charge in [0, 0.05) is 31.5 Å². The van der Waals surface area contributed by atoms with Crippen molar-refractivity contribution in [2.45, 2.75) is 32.2 Å². The third-order valence-electron chi connectivity index (χ3n) is 3.99. The number of rotatable bonds is 4. The van der Waals surface area contributed by atoms with Crippen molar-refractivity contribution in [2.75, 3.05) is 19.8 Å². The maximum atomic E-state index is 12.3. The van der Waals surface area contributed by atoms with Crippen LogP contribution in [-0.4, -0.2) is 45.2 Å². The average Bonchev–Trinajstić information content (AvgIpc) is 3.01. The van der Waals surface area contributed by atoms with E-state index in [0.29, 0.717) is 24.5 Å². The minimum absolute atomic E-state index is 0.0392. The Balaban J connectivity index is 1.91. The smallest absolute Gasteiger partial charge is 0.272 e. The van der Waals surface area contributed by atoms with E-state index < -0.39 is 0 Å². The highest BCUT2D eigenvalue weighted by atomic mass is 16.5. The van der Waals surface area contributed by atoms with Crippen molar-refractivity contribution >= 4 is 11.6 Å². The van der Waals surface area contributed by atoms with Gasteiger partial charge in [0.05, 0.1) is 11.7 Å². The molecular weight excluding hydrogens is 284 g/mol. The number of fused-ring (bicyclic) bond motifs is 1. The van der Waals surface area contributed by atoms with Crippen LogP contribution in [0, 0.1) is 0 Å². The lowest BCUT2D eigenvalue weighted by atomic mass is 9.99. The Morgan fingerprint density at radius 2 is 2.36 bits per heavy atom. The molecule has 3 heterocycles. The highest BCUT2D eigenvalue weighted by molar-refractivity contribution is 5.78. The second kappa shape index (κ2) is 6.31. The molecule has 1 atom stereocenters. The molecule has 3 rings (SSSR count). The number of ether oxygens (including phenoxy) is 1. The number of aromatic nitrogens is 3. The van der Waals surface area contributed by atoms with Gasteiger partial charge in [-0.25, -0.2) is 9.50 Å². The van der Waals surface area contributed by atoms with E-state index >= 15 is 0 Å². The fourth-order valence-electron chi connectivity index (χ4n) is 2.93. The SMILES string of the molecule is CCOCC(=O)N1CCCCC1c1cc(=O)n2[nH]ccc2n1. The molecule has 1 unspecified atom stereocenters. The monoisotopic (exact) mass is 304 g/mol. The minimum Gasteiger partial charge on any atom is -0.372 e. The summed E-state index contributed by atoms with van der Waals surface area (Å²) >= 11 is 0. The molecule has 1 N–H and O–H groups in total. The van der Waals surface area contributed by atoms with Gasteiger partial charge < -0.3 is 9.64 Å². The zero-order valence-corrected chi connectivity index (χ0v) is 12.6. The van der Waals surface area contributed by atoms with Crippen LogP contribution < -0.4 is 5.56 Å². The van der Waals surface area contributed by atoms with Gasteiger partial charge in [0.1, 0.15) is 6.61 Å². The summed E-state index contributed by atoms with van der Waals surface area (Å²) in [6, 6.07) is 3.12. The van der Waals surface area contributed by atoms with Crippen molar-refractivity contribution < 1.29 is 9.53 Å². The molecule has 0 aromatic carbocycles. The summed E-state index contributed by atoms with van der Waals surface area (Å²) in [4.78, 5) is 30.8. The van der Waals surface area contributed by atoms with Gasteiger partial charge in [0.2, 0.25) is 5.91 Å². The molecule has 0 radical (unpaired) electrons. The second-order valence-electron chi connectivity index (χ2n) is 5.41. The number of nitrogens with zero attached hydrogens (tertiary/aromatic N) is 3. The van der Waals surface area contributed by atoms with Crippen LogP contribution in [0.25, 0.3) is 5.65 Å². The van der Waals surface area contributed by atoms with E-state index in [2.05, 4.69) is 10.1 Å². The first-order valence-electron chi connectivity index (χ1n) is 7.65. The van der Waals surface area contributed by atoms with Crippen molar-refractivity contribution in [3.8, 4) is 0 Å². The molecule has 2 aromatic rings. The molecule has 7 heteroatoms. The number of amides is 1. The Labute approximate surface area is 127 Å². The summed E-state index contributed by atoms with van der Waals surface area (Å²) in [6.45, 7) is 3.14. The van der Waals surface area contributed by atoms with Crippen molar-refractivity contribution in [2.24, 2.45) is 0 Å². The van der Waals surface area contributed by atoms with Crippen molar-refractivity contribution in [1.82, 2.24) is 19.5 Å². The van der Waals surface area contributed by atoms with Crippen LogP contribution in [0.5, 0.6) is 0 Å². The second-order valence-corrected chi connectivity index (χ2v) is 5.41. The van der Waals surface area contributed by atoms with Crippen LogP contribution in [0.3, 0.4) is 0 Å². The van der Waals surface area contributed by atoms with E-state index in [-0.39, 0.29) is 24.1 Å². The third kappa shape index (κ3) is 2.76. The molecule has 0 aliphatic carbocycles. The maximum absolute atomic E-state index is 12.3. The van der Waals surface area contributed by atoms with Crippen molar-refractivity contribution in [1.29, 1.82) is 0 Å². The topological polar surface area (TPSA) is 79.7 Å². The minimum atomic E-state index is -0.159. The number of hydrogen-bond donors (Lipinski definition) is 1. The zero-order chi connectivity index (χ0) is 15.5. The van der Waals surface area contributed by atoms with Crippen LogP contribution in [0.15, 0.2) is 23.1 Å². The first-order valence-corrected chi connectivity index (χ1v) is 7.65. The maximum Gasteiger partial charge on any atom is 0.272 e. The number of hydrogen-bond acceptors (Lipinski definition) is 4. The normalized spacial score (nSPS) is 18.8. The van der Waals surface area contributed by atoms with E-state index in [1.165, 1.54) is 10.6 Å². The molecule has 1 aliphatic heterocycles. The molecule has 22 heavy (non-hydrogen) atoms. The Morgan fingerprint density at radius 1 is 1.50 bits per heavy atom. The highest BCUT2D eigenvalue weighted by Gasteiger charge is 2.29. The van der Waals surface area contributed by atoms with Crippen molar-refractivity contribution in [3.05, 3.63) is 34.4 Å². The quantitative estimate of drug-likeness (QED) is 0.917. The molecule has 1 amide bonds. The van der Waals surface area contributed by atoms with Crippen LogP contribution >= 0.6 is 0 Å². The van der Waals surface area contributed by atoms with Crippen LogP contribution in [0.1, 0.15) is 37.9 Å². The van der Waals surface area contributed by atoms with E-state index in [1.807, 2.05) is 6.92 Å². The molecule has 1 saturated heterocycles. The largest absolute Gasteiger partial charge is 0.372 e. The molecule has 0 bridgehead atoms. The van der Waals surface area contributed by atoms with Gasteiger partial charge in [0.25, 0.3) is 5.56 Å². The Kier molecular flexibility index (Phi) is 4.24. The van der Waals surface area contributed by atoms with Gasteiger partial charge >= 0.3 is 0 Å². The van der Waals surface area contributed by atoms with Gasteiger partial charge in [-0.05, 0) is 26.2 Å². The fraction of sp³-hybridized carbons (Fsp3) is 0.533. The summed E-state index contributed by atoms with van der Waals surface area (Å²) in [7, 11) is 0. The highest BCUT2D eigenvalue weighted by Crippen LogP contribution is 2.29. The molecule has 0 spiro atoms. The number of nitrogens with one attached hydrogen (secondary N) is 1. The van der Waals surface area contributed by atoms with Gasteiger partial charge in [-0.2, -0.15) is 0 Å². The fourth-order valence-corrected chi connectivity index (χ4v) is 2.93. The van der Waals surface area contributed by atoms with E-state index in [1.54, 1.807) is 17.2 Å². The number of carbonyl (C=O) groups is 1. The predicted molar refractivity (Wildman–Crippen MR) is 80.6 cm³/mol. The first kappa shape index (κ1) is 14.8. The predicted octanol–water partition coefficient (Wildman–Crippen LogP) is 1.11.